The van der Waals surface area contributed by atoms with Crippen molar-refractivity contribution in [3.05, 3.63) is 137 Å². The van der Waals surface area contributed by atoms with Gasteiger partial charge < -0.3 is 15.0 Å². The Morgan fingerprint density at radius 2 is 1.36 bits per heavy atom. The van der Waals surface area contributed by atoms with Crippen molar-refractivity contribution in [2.75, 3.05) is 6.61 Å². The van der Waals surface area contributed by atoms with Crippen LogP contribution in [0.2, 0.25) is 5.02 Å². The molecule has 4 rings (SSSR count). The highest BCUT2D eigenvalue weighted by atomic mass is 35.5. The maximum atomic E-state index is 13.6. The average molecular weight is 499 g/mol. The highest BCUT2D eigenvalue weighted by Gasteiger charge is 2.31. The van der Waals surface area contributed by atoms with Crippen LogP contribution in [0.5, 0.6) is 5.75 Å². The van der Waals surface area contributed by atoms with Gasteiger partial charge in [0.1, 0.15) is 11.8 Å². The predicted molar refractivity (Wildman–Crippen MR) is 141 cm³/mol. The van der Waals surface area contributed by atoms with E-state index in [0.717, 1.165) is 11.1 Å². The summed E-state index contributed by atoms with van der Waals surface area (Å²) in [6.07, 6.45) is 0. The van der Waals surface area contributed by atoms with Gasteiger partial charge in [-0.25, -0.2) is 0 Å². The first-order chi connectivity index (χ1) is 17.6. The minimum absolute atomic E-state index is 0.196. The maximum absolute atomic E-state index is 13.6. The highest BCUT2D eigenvalue weighted by molar-refractivity contribution is 6.31. The van der Waals surface area contributed by atoms with Crippen molar-refractivity contribution >= 4 is 23.4 Å². The van der Waals surface area contributed by atoms with Crippen molar-refractivity contribution in [2.45, 2.75) is 19.1 Å². The molecule has 0 aliphatic heterocycles. The number of halogens is 1. The molecule has 0 unspecified atom stereocenters. The lowest BCUT2D eigenvalue weighted by molar-refractivity contribution is -0.143. The first kappa shape index (κ1) is 25.0. The molecule has 0 bridgehead atoms. The molecule has 0 aliphatic rings. The zero-order chi connectivity index (χ0) is 25.2. The van der Waals surface area contributed by atoms with Crippen LogP contribution < -0.4 is 10.1 Å². The second-order valence-electron chi connectivity index (χ2n) is 8.23. The van der Waals surface area contributed by atoms with Crippen molar-refractivity contribution in [3.8, 4) is 5.75 Å². The van der Waals surface area contributed by atoms with Crippen LogP contribution in [0.1, 0.15) is 22.7 Å². The number of carbonyl (C=O) groups is 2. The van der Waals surface area contributed by atoms with Crippen molar-refractivity contribution in [1.82, 2.24) is 10.2 Å². The van der Waals surface area contributed by atoms with E-state index in [4.69, 9.17) is 16.3 Å². The van der Waals surface area contributed by atoms with Gasteiger partial charge in [0.2, 0.25) is 5.91 Å². The second-order valence-corrected chi connectivity index (χ2v) is 8.64. The molecule has 0 aromatic heterocycles. The van der Waals surface area contributed by atoms with Crippen LogP contribution >= 0.6 is 11.6 Å². The second kappa shape index (κ2) is 12.6. The van der Waals surface area contributed by atoms with E-state index < -0.39 is 6.04 Å². The van der Waals surface area contributed by atoms with E-state index in [0.29, 0.717) is 16.3 Å². The Morgan fingerprint density at radius 3 is 2.03 bits per heavy atom. The summed E-state index contributed by atoms with van der Waals surface area (Å²) in [6.45, 7) is 0.296. The molecule has 182 valence electrons. The Morgan fingerprint density at radius 1 is 0.778 bits per heavy atom. The molecule has 0 aliphatic carbocycles. The Kier molecular flexibility index (Phi) is 8.73. The van der Waals surface area contributed by atoms with E-state index in [1.165, 1.54) is 0 Å². The lowest BCUT2D eigenvalue weighted by atomic mass is 10.0. The van der Waals surface area contributed by atoms with Gasteiger partial charge in [0.15, 0.2) is 6.61 Å². The van der Waals surface area contributed by atoms with Gasteiger partial charge in [-0.15, -0.1) is 0 Å². The molecule has 5 nitrogen and oxygen atoms in total. The Bertz CT molecular complexity index is 1270. The fraction of sp³-hybridized carbons (Fsp3) is 0.133. The maximum Gasteiger partial charge on any atom is 0.261 e. The summed E-state index contributed by atoms with van der Waals surface area (Å²) < 4.78 is 5.76. The molecule has 4 aromatic rings. The number of hydrogen-bond acceptors (Lipinski definition) is 3. The minimum Gasteiger partial charge on any atom is -0.484 e. The summed E-state index contributed by atoms with van der Waals surface area (Å²) in [6, 6.07) is 34.5. The van der Waals surface area contributed by atoms with E-state index >= 15 is 0 Å². The summed E-state index contributed by atoms with van der Waals surface area (Å²) in [5.41, 5.74) is 2.41. The number of rotatable bonds is 10. The highest BCUT2D eigenvalue weighted by Crippen LogP contribution is 2.25. The van der Waals surface area contributed by atoms with Crippen LogP contribution in [-0.4, -0.2) is 23.3 Å². The predicted octanol–water partition coefficient (Wildman–Crippen LogP) is 5.81. The summed E-state index contributed by atoms with van der Waals surface area (Å²) >= 11 is 6.29. The standard InChI is InChI=1S/C30H27ClN2O3/c31-27-19-11-10-16-25(27)20-32-30(35)29(24-14-6-2-7-15-24)33(21-23-12-4-1-5-13-23)28(34)22-36-26-17-8-3-9-18-26/h1-19,29H,20-22H2,(H,32,35)/t29-/m1/s1. The zero-order valence-electron chi connectivity index (χ0n) is 19.7. The zero-order valence-corrected chi connectivity index (χ0v) is 20.5. The smallest absolute Gasteiger partial charge is 0.261 e. The summed E-state index contributed by atoms with van der Waals surface area (Å²) in [7, 11) is 0. The largest absolute Gasteiger partial charge is 0.484 e. The molecule has 0 saturated carbocycles. The van der Waals surface area contributed by atoms with Gasteiger partial charge in [0.05, 0.1) is 0 Å². The lowest BCUT2D eigenvalue weighted by Gasteiger charge is -2.31. The van der Waals surface area contributed by atoms with Gasteiger partial charge in [-0.2, -0.15) is 0 Å². The number of amides is 2. The number of nitrogens with one attached hydrogen (secondary N) is 1. The molecule has 6 heteroatoms. The fourth-order valence-electron chi connectivity index (χ4n) is 3.88. The van der Waals surface area contributed by atoms with Gasteiger partial charge in [-0.3, -0.25) is 9.59 Å². The number of carbonyl (C=O) groups excluding carboxylic acids is 2. The summed E-state index contributed by atoms with van der Waals surface area (Å²) in [5.74, 6) is -0.0143. The van der Waals surface area contributed by atoms with Crippen LogP contribution in [0.3, 0.4) is 0 Å². The third kappa shape index (κ3) is 6.74. The molecule has 0 spiro atoms. The van der Waals surface area contributed by atoms with E-state index in [9.17, 15) is 9.59 Å². The molecule has 1 N–H and O–H groups in total. The molecule has 0 radical (unpaired) electrons. The monoisotopic (exact) mass is 498 g/mol. The molecule has 0 fully saturated rings. The molecule has 1 atom stereocenters. The van der Waals surface area contributed by atoms with Crippen molar-refractivity contribution in [1.29, 1.82) is 0 Å². The first-order valence-corrected chi connectivity index (χ1v) is 12.1. The third-order valence-electron chi connectivity index (χ3n) is 5.71. The molecule has 2 amide bonds. The number of nitrogens with zero attached hydrogens (tertiary/aromatic N) is 1. The van der Waals surface area contributed by atoms with E-state index in [1.54, 1.807) is 23.1 Å². The molecular formula is C30H27ClN2O3. The van der Waals surface area contributed by atoms with E-state index in [1.807, 2.05) is 97.1 Å². The SMILES string of the molecule is O=C(NCc1ccccc1Cl)[C@@H](c1ccccc1)N(Cc1ccccc1)C(=O)COc1ccccc1. The average Bonchev–Trinajstić information content (AvgIpc) is 2.92. The Hall–Kier alpha value is -4.09. The quantitative estimate of drug-likeness (QED) is 0.300. The molecule has 0 heterocycles. The fourth-order valence-corrected chi connectivity index (χ4v) is 4.08. The first-order valence-electron chi connectivity index (χ1n) is 11.7. The van der Waals surface area contributed by atoms with Crippen LogP contribution in [0.4, 0.5) is 0 Å². The summed E-state index contributed by atoms with van der Waals surface area (Å²) in [5, 5.41) is 3.55. The molecule has 36 heavy (non-hydrogen) atoms. The molecular weight excluding hydrogens is 472 g/mol. The normalized spacial score (nSPS) is 11.4. The van der Waals surface area contributed by atoms with Gasteiger partial charge in [-0.1, -0.05) is 109 Å². The van der Waals surface area contributed by atoms with Crippen LogP contribution in [0.25, 0.3) is 0 Å². The molecule has 4 aromatic carbocycles. The van der Waals surface area contributed by atoms with E-state index in [-0.39, 0.29) is 31.5 Å². The van der Waals surface area contributed by atoms with Crippen LogP contribution in [0, 0.1) is 0 Å². The van der Waals surface area contributed by atoms with Crippen LogP contribution in [0.15, 0.2) is 115 Å². The van der Waals surface area contributed by atoms with Gasteiger partial charge in [0.25, 0.3) is 5.91 Å². The van der Waals surface area contributed by atoms with Crippen LogP contribution in [-0.2, 0) is 22.7 Å². The van der Waals surface area contributed by atoms with Crippen molar-refractivity contribution in [2.24, 2.45) is 0 Å². The number of para-hydroxylation sites is 1. The van der Waals surface area contributed by atoms with E-state index in [2.05, 4.69) is 5.32 Å². The van der Waals surface area contributed by atoms with Crippen molar-refractivity contribution in [3.63, 3.8) is 0 Å². The molecule has 0 saturated heterocycles. The minimum atomic E-state index is -0.860. The Balaban J connectivity index is 1.62. The van der Waals surface area contributed by atoms with Gasteiger partial charge >= 0.3 is 0 Å². The third-order valence-corrected chi connectivity index (χ3v) is 6.08. The topological polar surface area (TPSA) is 58.6 Å². The van der Waals surface area contributed by atoms with Gasteiger partial charge in [0, 0.05) is 18.1 Å². The summed E-state index contributed by atoms with van der Waals surface area (Å²) in [4.78, 5) is 28.8. The number of benzene rings is 4. The number of hydrogen-bond donors (Lipinski definition) is 1. The Labute approximate surface area is 216 Å². The van der Waals surface area contributed by atoms with Gasteiger partial charge in [-0.05, 0) is 34.9 Å². The van der Waals surface area contributed by atoms with Crippen molar-refractivity contribution < 1.29 is 14.3 Å². The number of ether oxygens (including phenoxy) is 1. The lowest BCUT2D eigenvalue weighted by Crippen LogP contribution is -2.45.